The molecule has 0 aliphatic carbocycles. The molecule has 1 aromatic heterocycles. The number of nitrogens with two attached hydrogens (primary N) is 1. The lowest BCUT2D eigenvalue weighted by Gasteiger charge is -2.13. The highest BCUT2D eigenvalue weighted by Crippen LogP contribution is 2.46. The van der Waals surface area contributed by atoms with Crippen LogP contribution in [0, 0.1) is 6.92 Å². The minimum Gasteiger partial charge on any atom is -0.383 e. The van der Waals surface area contributed by atoms with E-state index in [2.05, 4.69) is 5.10 Å². The zero-order valence-corrected chi connectivity index (χ0v) is 15.4. The van der Waals surface area contributed by atoms with Crippen molar-refractivity contribution in [3.05, 3.63) is 33.4 Å². The highest BCUT2D eigenvalue weighted by atomic mass is 35.5. The average Bonchev–Trinajstić information content (AvgIpc) is 2.63. The normalized spacial score (nSPS) is 12.7. The lowest BCUT2D eigenvalue weighted by atomic mass is 10.2. The van der Waals surface area contributed by atoms with Crippen molar-refractivity contribution in [2.45, 2.75) is 21.9 Å². The summed E-state index contributed by atoms with van der Waals surface area (Å²) < 4.78 is 50.1. The molecule has 0 aliphatic heterocycles. The molecule has 0 spiro atoms. The van der Waals surface area contributed by atoms with Crippen molar-refractivity contribution in [1.29, 1.82) is 0 Å². The molecule has 0 saturated heterocycles. The van der Waals surface area contributed by atoms with Gasteiger partial charge >= 0.3 is 10.1 Å². The molecule has 0 aliphatic rings. The standard InChI is InChI=1S/C12H7Cl4F4N3S/c1-4-9(24-12(15,16)20)10(21)23(22-4)8-6(13)2-5(3-7(8)14)11(17,18)19/h2-3H,21H2,1H3. The Hall–Kier alpha value is -0.540. The summed E-state index contributed by atoms with van der Waals surface area (Å²) >= 11 is 22.8. The van der Waals surface area contributed by atoms with Gasteiger partial charge in [-0.3, -0.25) is 0 Å². The first kappa shape index (κ1) is 19.8. The van der Waals surface area contributed by atoms with Gasteiger partial charge in [-0.05, 0) is 30.8 Å². The van der Waals surface area contributed by atoms with Crippen LogP contribution >= 0.6 is 58.2 Å². The van der Waals surface area contributed by atoms with Gasteiger partial charge in [0, 0.05) is 0 Å². The van der Waals surface area contributed by atoms with Gasteiger partial charge in [0.05, 0.1) is 26.2 Å². The number of halogens is 8. The number of aryl methyl sites for hydroxylation is 1. The number of benzene rings is 1. The second-order valence-electron chi connectivity index (χ2n) is 4.55. The topological polar surface area (TPSA) is 43.8 Å². The van der Waals surface area contributed by atoms with E-state index in [0.717, 1.165) is 4.68 Å². The van der Waals surface area contributed by atoms with Crippen LogP contribution in [-0.2, 0) is 6.18 Å². The number of alkyl halides is 6. The first-order chi connectivity index (χ1) is 10.8. The predicted molar refractivity (Wildman–Crippen MR) is 89.1 cm³/mol. The fourth-order valence-corrected chi connectivity index (χ4v) is 3.60. The fraction of sp³-hybridized carbons (Fsp3) is 0.250. The molecule has 132 valence electrons. The van der Waals surface area contributed by atoms with Crippen LogP contribution in [0.3, 0.4) is 0 Å². The van der Waals surface area contributed by atoms with E-state index in [9.17, 15) is 17.6 Å². The van der Waals surface area contributed by atoms with E-state index in [0.29, 0.717) is 23.9 Å². The molecular formula is C12H7Cl4F4N3S. The number of anilines is 1. The molecule has 1 heterocycles. The monoisotopic (exact) mass is 441 g/mol. The molecule has 0 bridgehead atoms. The highest BCUT2D eigenvalue weighted by molar-refractivity contribution is 8.03. The lowest BCUT2D eigenvalue weighted by molar-refractivity contribution is -0.137. The van der Waals surface area contributed by atoms with E-state index in [1.165, 1.54) is 6.92 Å². The van der Waals surface area contributed by atoms with Crippen molar-refractivity contribution < 1.29 is 17.6 Å². The van der Waals surface area contributed by atoms with Gasteiger partial charge in [-0.2, -0.15) is 22.7 Å². The Bertz CT molecular complexity index is 763. The molecule has 12 heteroatoms. The summed E-state index contributed by atoms with van der Waals surface area (Å²) in [5.41, 5.74) is 5.00. The molecule has 1 aromatic carbocycles. The zero-order valence-electron chi connectivity index (χ0n) is 11.6. The third kappa shape index (κ3) is 4.16. The van der Waals surface area contributed by atoms with Gasteiger partial charge in [0.15, 0.2) is 0 Å². The molecule has 0 unspecified atom stereocenters. The van der Waals surface area contributed by atoms with Crippen molar-refractivity contribution in [2.75, 3.05) is 5.73 Å². The minimum atomic E-state index is -4.62. The number of hydrogen-bond acceptors (Lipinski definition) is 3. The molecule has 0 amide bonds. The number of hydrogen-bond donors (Lipinski definition) is 1. The third-order valence-electron chi connectivity index (χ3n) is 2.81. The Morgan fingerprint density at radius 1 is 1.12 bits per heavy atom. The summed E-state index contributed by atoms with van der Waals surface area (Å²) in [6, 6.07) is 1.38. The Labute approximate surface area is 158 Å². The second kappa shape index (κ2) is 6.64. The van der Waals surface area contributed by atoms with E-state index >= 15 is 0 Å². The number of nitrogens with zero attached hydrogens (tertiary/aromatic N) is 2. The molecule has 0 radical (unpaired) electrons. The van der Waals surface area contributed by atoms with E-state index in [-0.39, 0.29) is 32.1 Å². The van der Waals surface area contributed by atoms with Crippen LogP contribution in [0.15, 0.2) is 17.0 Å². The van der Waals surface area contributed by atoms with Crippen LogP contribution in [0.1, 0.15) is 11.3 Å². The van der Waals surface area contributed by atoms with Gasteiger partial charge in [0.25, 0.3) is 0 Å². The van der Waals surface area contributed by atoms with Crippen LogP contribution in [0.5, 0.6) is 0 Å². The summed E-state index contributed by atoms with van der Waals surface area (Å²) in [6.07, 6.45) is -4.62. The highest BCUT2D eigenvalue weighted by Gasteiger charge is 2.33. The smallest absolute Gasteiger partial charge is 0.383 e. The van der Waals surface area contributed by atoms with E-state index in [1.54, 1.807) is 0 Å². The Kier molecular flexibility index (Phi) is 5.47. The average molecular weight is 443 g/mol. The van der Waals surface area contributed by atoms with Crippen molar-refractivity contribution in [3.63, 3.8) is 0 Å². The van der Waals surface area contributed by atoms with Crippen LogP contribution in [0.25, 0.3) is 5.69 Å². The van der Waals surface area contributed by atoms with Crippen molar-refractivity contribution in [1.82, 2.24) is 9.78 Å². The quantitative estimate of drug-likeness (QED) is 0.347. The molecule has 0 saturated carbocycles. The SMILES string of the molecule is Cc1nn(-c2c(Cl)cc(C(F)(F)F)cc2Cl)c(N)c1SC(F)(Cl)Cl. The van der Waals surface area contributed by atoms with Crippen molar-refractivity contribution in [3.8, 4) is 5.69 Å². The van der Waals surface area contributed by atoms with E-state index in [1.807, 2.05) is 0 Å². The molecule has 2 rings (SSSR count). The van der Waals surface area contributed by atoms with E-state index < -0.39 is 15.7 Å². The summed E-state index contributed by atoms with van der Waals surface area (Å²) in [6.45, 7) is 1.49. The van der Waals surface area contributed by atoms with Gasteiger partial charge in [0.2, 0.25) is 0 Å². The number of aromatic nitrogens is 2. The Balaban J connectivity index is 2.60. The first-order valence-electron chi connectivity index (χ1n) is 5.98. The number of nitrogen functional groups attached to an aromatic ring is 1. The molecule has 0 fully saturated rings. The number of thioether (sulfide) groups is 1. The summed E-state index contributed by atoms with van der Waals surface area (Å²) in [7, 11) is 0. The molecule has 2 aromatic rings. The van der Waals surface area contributed by atoms with Gasteiger partial charge < -0.3 is 5.73 Å². The fourth-order valence-electron chi connectivity index (χ4n) is 1.87. The summed E-state index contributed by atoms with van der Waals surface area (Å²) in [4.78, 5) is 0.106. The number of rotatable bonds is 3. The zero-order chi connectivity index (χ0) is 18.4. The maximum absolute atomic E-state index is 13.4. The van der Waals surface area contributed by atoms with Crippen molar-refractivity contribution >= 4 is 64.0 Å². The molecule has 24 heavy (non-hydrogen) atoms. The van der Waals surface area contributed by atoms with Crippen LogP contribution in [0.2, 0.25) is 10.0 Å². The summed E-state index contributed by atoms with van der Waals surface area (Å²) in [5, 5.41) is 3.36. The molecule has 3 nitrogen and oxygen atoms in total. The second-order valence-corrected chi connectivity index (χ2v) is 8.22. The minimum absolute atomic E-state index is 0.0765. The van der Waals surface area contributed by atoms with Gasteiger partial charge in [-0.25, -0.2) is 4.68 Å². The maximum Gasteiger partial charge on any atom is 0.416 e. The third-order valence-corrected chi connectivity index (χ3v) is 4.79. The molecule has 0 atom stereocenters. The van der Waals surface area contributed by atoms with Gasteiger partial charge in [0.1, 0.15) is 11.5 Å². The van der Waals surface area contributed by atoms with Crippen LogP contribution in [-0.4, -0.2) is 13.7 Å². The lowest BCUT2D eigenvalue weighted by Crippen LogP contribution is -2.08. The summed E-state index contributed by atoms with van der Waals surface area (Å²) in [5.74, 6) is -0.121. The Morgan fingerprint density at radius 3 is 2.04 bits per heavy atom. The predicted octanol–water partition coefficient (Wildman–Crippen LogP) is 6.24. The van der Waals surface area contributed by atoms with Crippen LogP contribution in [0.4, 0.5) is 23.4 Å². The van der Waals surface area contributed by atoms with E-state index in [4.69, 9.17) is 52.1 Å². The van der Waals surface area contributed by atoms with Crippen LogP contribution < -0.4 is 5.73 Å². The largest absolute Gasteiger partial charge is 0.416 e. The van der Waals surface area contributed by atoms with Gasteiger partial charge in [-0.1, -0.05) is 46.4 Å². The molecular weight excluding hydrogens is 436 g/mol. The van der Waals surface area contributed by atoms with Gasteiger partial charge in [-0.15, -0.1) is 0 Å². The molecule has 2 N–H and O–H groups in total. The first-order valence-corrected chi connectivity index (χ1v) is 8.31. The maximum atomic E-state index is 13.4. The van der Waals surface area contributed by atoms with Crippen molar-refractivity contribution in [2.24, 2.45) is 0 Å². The Morgan fingerprint density at radius 2 is 1.62 bits per heavy atom.